The molecule has 0 radical (unpaired) electrons. The van der Waals surface area contributed by atoms with Crippen LogP contribution in [0, 0.1) is 0 Å². The molecule has 9 heteroatoms. The third kappa shape index (κ3) is 10.7. The first kappa shape index (κ1) is 30.9. The van der Waals surface area contributed by atoms with Gasteiger partial charge in [-0.2, -0.15) is 0 Å². The average molecular weight is 506 g/mol. The molecule has 0 unspecified atom stereocenters. The highest BCUT2D eigenvalue weighted by atomic mass is 16.6. The van der Waals surface area contributed by atoms with Crippen LogP contribution < -0.4 is 0 Å². The SMILES string of the molecule is C[C@@H](CC(=O)OCc1ccccc1)N(C)C(=O)C[C@H](C)N(C)C(=O)C[C@H](C)N(C)C(=O)OC(C)(C)C. The number of ether oxygens (including phenoxy) is 2. The van der Waals surface area contributed by atoms with E-state index in [0.29, 0.717) is 0 Å². The van der Waals surface area contributed by atoms with Gasteiger partial charge >= 0.3 is 12.1 Å². The van der Waals surface area contributed by atoms with E-state index in [4.69, 9.17) is 9.47 Å². The van der Waals surface area contributed by atoms with Gasteiger partial charge in [-0.25, -0.2) is 4.79 Å². The van der Waals surface area contributed by atoms with E-state index in [0.717, 1.165) is 5.56 Å². The fourth-order valence-electron chi connectivity index (χ4n) is 3.25. The normalized spacial score (nSPS) is 13.7. The summed E-state index contributed by atoms with van der Waals surface area (Å²) in [6.45, 7) is 10.9. The predicted octanol–water partition coefficient (Wildman–Crippen LogP) is 3.85. The molecule has 0 aliphatic heterocycles. The van der Waals surface area contributed by atoms with Crippen LogP contribution in [-0.2, 0) is 30.5 Å². The molecule has 1 aromatic carbocycles. The van der Waals surface area contributed by atoms with Crippen LogP contribution in [0.3, 0.4) is 0 Å². The van der Waals surface area contributed by atoms with Gasteiger partial charge in [0.05, 0.1) is 6.42 Å². The number of hydrogen-bond donors (Lipinski definition) is 0. The van der Waals surface area contributed by atoms with Crippen LogP contribution in [0.1, 0.15) is 66.4 Å². The molecule has 36 heavy (non-hydrogen) atoms. The second-order valence-electron chi connectivity index (χ2n) is 10.4. The molecule has 0 bridgehead atoms. The maximum atomic E-state index is 12.8. The van der Waals surface area contributed by atoms with Gasteiger partial charge in [-0.15, -0.1) is 0 Å². The van der Waals surface area contributed by atoms with Gasteiger partial charge < -0.3 is 24.2 Å². The van der Waals surface area contributed by atoms with E-state index < -0.39 is 11.7 Å². The topological polar surface area (TPSA) is 96.5 Å². The lowest BCUT2D eigenvalue weighted by Gasteiger charge is -2.32. The standard InChI is InChI=1S/C27H43N3O6/c1-19(28(7)24(32)16-20(2)30(9)26(34)36-27(4,5)6)15-23(31)29(8)21(3)17-25(33)35-18-22-13-11-10-12-14-22/h10-14,19-21H,15-18H2,1-9H3/t19-,20-,21-/m0/s1. The highest BCUT2D eigenvalue weighted by molar-refractivity contribution is 5.81. The van der Waals surface area contributed by atoms with E-state index in [1.807, 2.05) is 30.3 Å². The van der Waals surface area contributed by atoms with Crippen molar-refractivity contribution in [2.75, 3.05) is 21.1 Å². The third-order valence-electron chi connectivity index (χ3n) is 6.10. The molecule has 0 spiro atoms. The minimum Gasteiger partial charge on any atom is -0.461 e. The van der Waals surface area contributed by atoms with Crippen LogP contribution in [-0.4, -0.2) is 83.4 Å². The Morgan fingerprint density at radius 1 is 0.750 bits per heavy atom. The molecule has 0 aliphatic carbocycles. The fourth-order valence-corrected chi connectivity index (χ4v) is 3.25. The second kappa shape index (κ2) is 13.8. The zero-order chi connectivity index (χ0) is 27.6. The Labute approximate surface area is 215 Å². The molecule has 9 nitrogen and oxygen atoms in total. The molecule has 1 aromatic rings. The van der Waals surface area contributed by atoms with E-state index in [-0.39, 0.29) is 61.8 Å². The molecule has 1 rings (SSSR count). The minimum absolute atomic E-state index is 0.0761. The zero-order valence-corrected chi connectivity index (χ0v) is 23.2. The van der Waals surface area contributed by atoms with Gasteiger partial charge in [-0.1, -0.05) is 30.3 Å². The summed E-state index contributed by atoms with van der Waals surface area (Å²) < 4.78 is 10.7. The average Bonchev–Trinajstić information content (AvgIpc) is 2.80. The first-order valence-electron chi connectivity index (χ1n) is 12.3. The van der Waals surface area contributed by atoms with Crippen molar-refractivity contribution >= 4 is 23.9 Å². The van der Waals surface area contributed by atoms with Gasteiger partial charge in [0.1, 0.15) is 12.2 Å². The van der Waals surface area contributed by atoms with Crippen molar-refractivity contribution in [1.82, 2.24) is 14.7 Å². The lowest BCUT2D eigenvalue weighted by Crippen LogP contribution is -2.45. The minimum atomic E-state index is -0.622. The number of benzene rings is 1. The fraction of sp³-hybridized carbons (Fsp3) is 0.630. The van der Waals surface area contributed by atoms with E-state index in [1.54, 1.807) is 62.7 Å². The van der Waals surface area contributed by atoms with E-state index >= 15 is 0 Å². The summed E-state index contributed by atoms with van der Waals surface area (Å²) in [7, 11) is 4.88. The lowest BCUT2D eigenvalue weighted by molar-refractivity contribution is -0.147. The molecule has 202 valence electrons. The molecular formula is C27H43N3O6. The second-order valence-corrected chi connectivity index (χ2v) is 10.4. The number of carbonyl (C=O) groups excluding carboxylic acids is 4. The Kier molecular flexibility index (Phi) is 11.9. The monoisotopic (exact) mass is 505 g/mol. The quantitative estimate of drug-likeness (QED) is 0.424. The summed E-state index contributed by atoms with van der Waals surface area (Å²) in [4.78, 5) is 54.5. The molecule has 0 aromatic heterocycles. The van der Waals surface area contributed by atoms with Gasteiger partial charge in [0.15, 0.2) is 0 Å². The van der Waals surface area contributed by atoms with Crippen LogP contribution in [0.4, 0.5) is 4.79 Å². The van der Waals surface area contributed by atoms with Crippen molar-refractivity contribution < 1.29 is 28.7 Å². The summed E-state index contributed by atoms with van der Waals surface area (Å²) in [6.07, 6.45) is -0.207. The third-order valence-corrected chi connectivity index (χ3v) is 6.10. The van der Waals surface area contributed by atoms with Gasteiger partial charge in [0, 0.05) is 52.1 Å². The van der Waals surface area contributed by atoms with Gasteiger partial charge in [0.2, 0.25) is 11.8 Å². The van der Waals surface area contributed by atoms with E-state index in [1.165, 1.54) is 14.7 Å². The number of nitrogens with zero attached hydrogens (tertiary/aromatic N) is 3. The largest absolute Gasteiger partial charge is 0.461 e. The number of amides is 3. The number of hydrogen-bond acceptors (Lipinski definition) is 6. The smallest absolute Gasteiger partial charge is 0.410 e. The lowest BCUT2D eigenvalue weighted by atomic mass is 10.1. The van der Waals surface area contributed by atoms with Crippen LogP contribution >= 0.6 is 0 Å². The van der Waals surface area contributed by atoms with E-state index in [2.05, 4.69) is 0 Å². The summed E-state index contributed by atoms with van der Waals surface area (Å²) in [5, 5.41) is 0. The molecule has 0 saturated carbocycles. The molecular weight excluding hydrogens is 462 g/mol. The molecule has 0 heterocycles. The molecule has 3 atom stereocenters. The molecule has 0 N–H and O–H groups in total. The molecule has 0 fully saturated rings. The maximum absolute atomic E-state index is 12.8. The van der Waals surface area contributed by atoms with Crippen molar-refractivity contribution in [3.05, 3.63) is 35.9 Å². The van der Waals surface area contributed by atoms with Crippen LogP contribution in [0.5, 0.6) is 0 Å². The maximum Gasteiger partial charge on any atom is 0.410 e. The molecule has 0 saturated heterocycles. The Morgan fingerprint density at radius 3 is 1.67 bits per heavy atom. The number of carbonyl (C=O) groups is 4. The highest BCUT2D eigenvalue weighted by Crippen LogP contribution is 2.15. The van der Waals surface area contributed by atoms with Gasteiger partial charge in [-0.05, 0) is 47.1 Å². The Morgan fingerprint density at radius 2 is 1.19 bits per heavy atom. The summed E-state index contributed by atoms with van der Waals surface area (Å²) in [5.41, 5.74) is 0.277. The van der Waals surface area contributed by atoms with Crippen LogP contribution in [0.2, 0.25) is 0 Å². The Balaban J connectivity index is 2.52. The van der Waals surface area contributed by atoms with Crippen molar-refractivity contribution in [2.45, 2.75) is 91.1 Å². The first-order valence-corrected chi connectivity index (χ1v) is 12.3. The van der Waals surface area contributed by atoms with Crippen molar-refractivity contribution in [2.24, 2.45) is 0 Å². The number of rotatable bonds is 11. The summed E-state index contributed by atoms with van der Waals surface area (Å²) in [6, 6.07) is 8.32. The molecule has 3 amide bonds. The predicted molar refractivity (Wildman–Crippen MR) is 138 cm³/mol. The Bertz CT molecular complexity index is 883. The van der Waals surface area contributed by atoms with Gasteiger partial charge in [0.25, 0.3) is 0 Å². The van der Waals surface area contributed by atoms with Crippen LogP contribution in [0.15, 0.2) is 30.3 Å². The van der Waals surface area contributed by atoms with Crippen molar-refractivity contribution in [1.29, 1.82) is 0 Å². The zero-order valence-electron chi connectivity index (χ0n) is 23.2. The van der Waals surface area contributed by atoms with E-state index in [9.17, 15) is 19.2 Å². The Hall–Kier alpha value is -3.10. The van der Waals surface area contributed by atoms with Crippen LogP contribution in [0.25, 0.3) is 0 Å². The van der Waals surface area contributed by atoms with Crippen molar-refractivity contribution in [3.8, 4) is 0 Å². The number of esters is 1. The summed E-state index contributed by atoms with van der Waals surface area (Å²) >= 11 is 0. The molecule has 0 aliphatic rings. The summed E-state index contributed by atoms with van der Waals surface area (Å²) in [5.74, 6) is -0.739. The van der Waals surface area contributed by atoms with Gasteiger partial charge in [-0.3, -0.25) is 14.4 Å². The van der Waals surface area contributed by atoms with Crippen molar-refractivity contribution in [3.63, 3.8) is 0 Å². The highest BCUT2D eigenvalue weighted by Gasteiger charge is 2.28. The first-order chi connectivity index (χ1) is 16.6.